The zero-order valence-electron chi connectivity index (χ0n) is 5.68. The highest BCUT2D eigenvalue weighted by Crippen LogP contribution is 2.00. The fourth-order valence-electron chi connectivity index (χ4n) is 0.482. The Morgan fingerprint density at radius 3 is 2.67 bits per heavy atom. The highest BCUT2D eigenvalue weighted by atomic mass is 31.0. The summed E-state index contributed by atoms with van der Waals surface area (Å²) in [5.41, 5.74) is 0.660. The molecule has 3 heteroatoms. The van der Waals surface area contributed by atoms with Gasteiger partial charge in [0.05, 0.1) is 9.47 Å². The molecule has 0 rings (SSSR count). The van der Waals surface area contributed by atoms with Crippen molar-refractivity contribution in [3.05, 3.63) is 11.6 Å². The van der Waals surface area contributed by atoms with Crippen molar-refractivity contribution in [2.75, 3.05) is 0 Å². The average Bonchev–Trinajstić information content (AvgIpc) is 1.87. The summed E-state index contributed by atoms with van der Waals surface area (Å²) in [6.45, 7) is 3.70. The molecule has 0 N–H and O–H groups in total. The molecule has 1 atom stereocenters. The van der Waals surface area contributed by atoms with Crippen LogP contribution < -0.4 is 0 Å². The number of carbonyl (C=O) groups is 1. The quantitative estimate of drug-likeness (QED) is 0.437. The molecule has 2 nitrogen and oxygen atoms in total. The van der Waals surface area contributed by atoms with Gasteiger partial charge in [0.25, 0.3) is 0 Å². The smallest absolute Gasteiger partial charge is 0.335 e. The van der Waals surface area contributed by atoms with Crippen molar-refractivity contribution < 1.29 is 9.32 Å². The van der Waals surface area contributed by atoms with Gasteiger partial charge in [0.2, 0.25) is 0 Å². The van der Waals surface area contributed by atoms with Gasteiger partial charge in [-0.25, -0.2) is 4.79 Å². The average molecular weight is 146 g/mol. The van der Waals surface area contributed by atoms with E-state index in [1.165, 1.54) is 0 Å². The van der Waals surface area contributed by atoms with Gasteiger partial charge in [-0.15, -0.1) is 0 Å². The van der Waals surface area contributed by atoms with Crippen LogP contribution in [0.25, 0.3) is 0 Å². The van der Waals surface area contributed by atoms with Crippen molar-refractivity contribution in [1.82, 2.24) is 0 Å². The predicted molar refractivity (Wildman–Crippen MR) is 39.9 cm³/mol. The third kappa shape index (κ3) is 3.26. The number of hydrogen-bond donors (Lipinski definition) is 0. The predicted octanol–water partition coefficient (Wildman–Crippen LogP) is 1.68. The van der Waals surface area contributed by atoms with Gasteiger partial charge in [-0.3, -0.25) is 0 Å². The Hall–Kier alpha value is -0.360. The molecule has 0 aromatic heterocycles. The van der Waals surface area contributed by atoms with E-state index in [1.54, 1.807) is 6.92 Å². The lowest BCUT2D eigenvalue weighted by Gasteiger charge is -1.94. The molecule has 0 radical (unpaired) electrons. The van der Waals surface area contributed by atoms with Crippen LogP contribution in [0.5, 0.6) is 0 Å². The molecule has 0 saturated heterocycles. The Kier molecular flexibility index (Phi) is 4.33. The van der Waals surface area contributed by atoms with Crippen molar-refractivity contribution in [3.63, 3.8) is 0 Å². The van der Waals surface area contributed by atoms with E-state index in [2.05, 4.69) is 4.52 Å². The Labute approximate surface area is 57.6 Å². The number of carbonyl (C=O) groups excluding carboxylic acids is 1. The fourth-order valence-corrected chi connectivity index (χ4v) is 0.668. The summed E-state index contributed by atoms with van der Waals surface area (Å²) < 4.78 is 4.37. The Bertz CT molecular complexity index is 129. The van der Waals surface area contributed by atoms with E-state index in [0.717, 1.165) is 6.42 Å². The van der Waals surface area contributed by atoms with E-state index in [4.69, 9.17) is 0 Å². The van der Waals surface area contributed by atoms with Gasteiger partial charge in [0.15, 0.2) is 0 Å². The summed E-state index contributed by atoms with van der Waals surface area (Å²) in [4.78, 5) is 10.6. The summed E-state index contributed by atoms with van der Waals surface area (Å²) in [7, 11) is 1.92. The molecule has 0 aromatic carbocycles. The molecule has 0 bridgehead atoms. The Morgan fingerprint density at radius 1 is 1.78 bits per heavy atom. The van der Waals surface area contributed by atoms with Crippen LogP contribution in [0.3, 0.4) is 0 Å². The summed E-state index contributed by atoms with van der Waals surface area (Å²) in [5, 5.41) is 0. The van der Waals surface area contributed by atoms with Crippen LogP contribution >= 0.6 is 9.47 Å². The first kappa shape index (κ1) is 8.64. The fraction of sp³-hybridized carbons (Fsp3) is 0.500. The van der Waals surface area contributed by atoms with Gasteiger partial charge in [-0.05, 0) is 13.3 Å². The minimum Gasteiger partial charge on any atom is -0.448 e. The third-order valence-electron chi connectivity index (χ3n) is 0.939. The first-order valence-corrected chi connectivity index (χ1v) is 3.27. The van der Waals surface area contributed by atoms with Crippen molar-refractivity contribution >= 4 is 15.4 Å². The molecular weight excluding hydrogens is 135 g/mol. The van der Waals surface area contributed by atoms with Gasteiger partial charge < -0.3 is 4.52 Å². The van der Waals surface area contributed by atoms with E-state index in [1.807, 2.05) is 22.5 Å². The maximum absolute atomic E-state index is 10.6. The number of rotatable bonds is 2. The minimum atomic E-state index is -0.276. The largest absolute Gasteiger partial charge is 0.448 e. The zero-order chi connectivity index (χ0) is 7.28. The maximum atomic E-state index is 10.6. The number of hydrogen-bond acceptors (Lipinski definition) is 2. The summed E-state index contributed by atoms with van der Waals surface area (Å²) in [6.07, 6.45) is 2.69. The van der Waals surface area contributed by atoms with Crippen molar-refractivity contribution in [1.29, 1.82) is 0 Å². The molecule has 0 fully saturated rings. The van der Waals surface area contributed by atoms with Gasteiger partial charge in [0, 0.05) is 5.57 Å². The molecule has 0 heterocycles. The summed E-state index contributed by atoms with van der Waals surface area (Å²) in [5.74, 6) is -0.276. The van der Waals surface area contributed by atoms with Gasteiger partial charge in [0.1, 0.15) is 0 Å². The highest BCUT2D eigenvalue weighted by molar-refractivity contribution is 7.10. The van der Waals surface area contributed by atoms with Gasteiger partial charge in [-0.1, -0.05) is 13.0 Å². The summed E-state index contributed by atoms with van der Waals surface area (Å²) in [6, 6.07) is 0. The van der Waals surface area contributed by atoms with Gasteiger partial charge >= 0.3 is 5.97 Å². The normalized spacial score (nSPS) is 11.2. The van der Waals surface area contributed by atoms with Crippen LogP contribution in [0.2, 0.25) is 0 Å². The van der Waals surface area contributed by atoms with E-state index in [0.29, 0.717) is 5.57 Å². The molecule has 0 spiro atoms. The lowest BCUT2D eigenvalue weighted by atomic mass is 10.2. The second kappa shape index (κ2) is 4.51. The molecule has 0 aliphatic rings. The molecule has 0 aliphatic carbocycles. The van der Waals surface area contributed by atoms with Crippen molar-refractivity contribution in [2.45, 2.75) is 20.3 Å². The minimum absolute atomic E-state index is 0.276. The molecule has 52 valence electrons. The maximum Gasteiger partial charge on any atom is 0.335 e. The van der Waals surface area contributed by atoms with Crippen LogP contribution in [0.1, 0.15) is 20.3 Å². The Balaban J connectivity index is 3.86. The molecule has 0 aromatic rings. The monoisotopic (exact) mass is 146 g/mol. The molecule has 0 amide bonds. The number of allylic oxidation sites excluding steroid dienone is 1. The van der Waals surface area contributed by atoms with E-state index in [-0.39, 0.29) is 5.97 Å². The zero-order valence-corrected chi connectivity index (χ0v) is 6.83. The third-order valence-corrected chi connectivity index (χ3v) is 1.15. The second-order valence-corrected chi connectivity index (χ2v) is 1.94. The first-order valence-electron chi connectivity index (χ1n) is 2.80. The lowest BCUT2D eigenvalue weighted by molar-refractivity contribution is -0.128. The van der Waals surface area contributed by atoms with Crippen LogP contribution in [0.15, 0.2) is 11.6 Å². The SMILES string of the molecule is CCC=C(C)C(=O)OP. The molecule has 0 saturated carbocycles. The highest BCUT2D eigenvalue weighted by Gasteiger charge is 1.99. The van der Waals surface area contributed by atoms with Gasteiger partial charge in [-0.2, -0.15) is 0 Å². The second-order valence-electron chi connectivity index (χ2n) is 1.70. The molecule has 0 aliphatic heterocycles. The van der Waals surface area contributed by atoms with Crippen LogP contribution in [0, 0.1) is 0 Å². The summed E-state index contributed by atoms with van der Waals surface area (Å²) >= 11 is 0. The van der Waals surface area contributed by atoms with E-state index >= 15 is 0 Å². The van der Waals surface area contributed by atoms with E-state index in [9.17, 15) is 4.79 Å². The van der Waals surface area contributed by atoms with E-state index < -0.39 is 0 Å². The molecule has 1 unspecified atom stereocenters. The van der Waals surface area contributed by atoms with Crippen LogP contribution in [-0.4, -0.2) is 5.97 Å². The van der Waals surface area contributed by atoms with Crippen molar-refractivity contribution in [2.24, 2.45) is 0 Å². The standard InChI is InChI=1S/C6H11O2P/c1-3-4-5(2)6(7)8-9/h4H,3,9H2,1-2H3. The molecular formula is C6H11O2P. The van der Waals surface area contributed by atoms with Crippen molar-refractivity contribution in [3.8, 4) is 0 Å². The Morgan fingerprint density at radius 2 is 2.33 bits per heavy atom. The lowest BCUT2D eigenvalue weighted by Crippen LogP contribution is -1.96. The van der Waals surface area contributed by atoms with Crippen LogP contribution in [0.4, 0.5) is 0 Å². The first-order chi connectivity index (χ1) is 4.22. The topological polar surface area (TPSA) is 26.3 Å². The molecule has 9 heavy (non-hydrogen) atoms. The van der Waals surface area contributed by atoms with Crippen LogP contribution in [-0.2, 0) is 9.32 Å².